The maximum absolute atomic E-state index is 9.90. The maximum Gasteiger partial charge on any atom is 0.207 e. The fourth-order valence-corrected chi connectivity index (χ4v) is 0.317. The Bertz CT molecular complexity index is 95.7. The lowest BCUT2D eigenvalue weighted by atomic mass is 9.98. The van der Waals surface area contributed by atoms with Crippen LogP contribution in [0.5, 0.6) is 0 Å². The van der Waals surface area contributed by atoms with Gasteiger partial charge in [0.2, 0.25) is 6.41 Å². The van der Waals surface area contributed by atoms with Crippen molar-refractivity contribution in [2.75, 3.05) is 0 Å². The standard InChI is InChI=1S/C6H14N2O/c1-5(8-4-9)6(2,3)7/h4-5H,7H2,1-3H3,(H,8,9). The summed E-state index contributed by atoms with van der Waals surface area (Å²) in [6.07, 6.45) is 0.666. The van der Waals surface area contributed by atoms with Gasteiger partial charge in [0.1, 0.15) is 0 Å². The van der Waals surface area contributed by atoms with Crippen molar-refractivity contribution in [3.63, 3.8) is 0 Å². The third-order valence-electron chi connectivity index (χ3n) is 1.43. The van der Waals surface area contributed by atoms with E-state index in [4.69, 9.17) is 5.73 Å². The molecule has 0 aromatic rings. The van der Waals surface area contributed by atoms with Crippen LogP contribution in [0.15, 0.2) is 0 Å². The third kappa shape index (κ3) is 3.08. The van der Waals surface area contributed by atoms with Gasteiger partial charge in [-0.2, -0.15) is 0 Å². The minimum Gasteiger partial charge on any atom is -0.354 e. The van der Waals surface area contributed by atoms with Crippen molar-refractivity contribution >= 4 is 6.41 Å². The highest BCUT2D eigenvalue weighted by molar-refractivity contribution is 5.46. The van der Waals surface area contributed by atoms with E-state index in [-0.39, 0.29) is 11.6 Å². The first-order chi connectivity index (χ1) is 3.98. The maximum atomic E-state index is 9.90. The van der Waals surface area contributed by atoms with Gasteiger partial charge in [-0.15, -0.1) is 0 Å². The molecule has 0 saturated carbocycles. The van der Waals surface area contributed by atoms with Crippen molar-refractivity contribution in [1.82, 2.24) is 5.32 Å². The molecule has 3 nitrogen and oxygen atoms in total. The van der Waals surface area contributed by atoms with Gasteiger partial charge >= 0.3 is 0 Å². The molecule has 0 aliphatic carbocycles. The second-order valence-electron chi connectivity index (χ2n) is 2.83. The number of nitrogens with one attached hydrogen (secondary N) is 1. The largest absolute Gasteiger partial charge is 0.354 e. The van der Waals surface area contributed by atoms with Crippen LogP contribution in [0.3, 0.4) is 0 Å². The first-order valence-electron chi connectivity index (χ1n) is 2.97. The van der Waals surface area contributed by atoms with Gasteiger partial charge in [0.15, 0.2) is 0 Å². The van der Waals surface area contributed by atoms with Gasteiger partial charge < -0.3 is 11.1 Å². The van der Waals surface area contributed by atoms with E-state index in [0.29, 0.717) is 6.41 Å². The van der Waals surface area contributed by atoms with E-state index in [9.17, 15) is 4.79 Å². The summed E-state index contributed by atoms with van der Waals surface area (Å²) in [4.78, 5) is 9.90. The van der Waals surface area contributed by atoms with E-state index in [2.05, 4.69) is 5.32 Å². The van der Waals surface area contributed by atoms with Gasteiger partial charge in [-0.25, -0.2) is 0 Å². The van der Waals surface area contributed by atoms with E-state index in [0.717, 1.165) is 0 Å². The van der Waals surface area contributed by atoms with Crippen LogP contribution in [0.1, 0.15) is 20.8 Å². The lowest BCUT2D eigenvalue weighted by molar-refractivity contribution is -0.110. The Balaban J connectivity index is 3.72. The van der Waals surface area contributed by atoms with E-state index >= 15 is 0 Å². The third-order valence-corrected chi connectivity index (χ3v) is 1.43. The molecule has 54 valence electrons. The number of hydrogen-bond acceptors (Lipinski definition) is 2. The molecule has 3 heteroatoms. The second-order valence-corrected chi connectivity index (χ2v) is 2.83. The first kappa shape index (κ1) is 8.43. The molecule has 0 saturated heterocycles. The van der Waals surface area contributed by atoms with Crippen molar-refractivity contribution in [3.05, 3.63) is 0 Å². The predicted octanol–water partition coefficient (Wildman–Crippen LogP) is -0.142. The van der Waals surface area contributed by atoms with Crippen LogP contribution in [-0.4, -0.2) is 18.0 Å². The zero-order valence-corrected chi connectivity index (χ0v) is 6.14. The minimum absolute atomic E-state index is 0.0231. The smallest absolute Gasteiger partial charge is 0.207 e. The van der Waals surface area contributed by atoms with Crippen LogP contribution in [0.4, 0.5) is 0 Å². The molecule has 3 N–H and O–H groups in total. The van der Waals surface area contributed by atoms with Crippen LogP contribution < -0.4 is 11.1 Å². The summed E-state index contributed by atoms with van der Waals surface area (Å²) >= 11 is 0. The summed E-state index contributed by atoms with van der Waals surface area (Å²) in [5, 5.41) is 2.58. The van der Waals surface area contributed by atoms with E-state index < -0.39 is 0 Å². The fraction of sp³-hybridized carbons (Fsp3) is 0.833. The van der Waals surface area contributed by atoms with Gasteiger partial charge in [0.25, 0.3) is 0 Å². The van der Waals surface area contributed by atoms with Crippen molar-refractivity contribution in [2.45, 2.75) is 32.4 Å². The van der Waals surface area contributed by atoms with Crippen molar-refractivity contribution in [3.8, 4) is 0 Å². The molecule has 0 aromatic carbocycles. The molecule has 0 aromatic heterocycles. The zero-order valence-electron chi connectivity index (χ0n) is 6.14. The van der Waals surface area contributed by atoms with Gasteiger partial charge in [-0.1, -0.05) is 0 Å². The summed E-state index contributed by atoms with van der Waals surface area (Å²) in [5.41, 5.74) is 5.31. The highest BCUT2D eigenvalue weighted by Gasteiger charge is 2.18. The molecule has 0 aliphatic heterocycles. The van der Waals surface area contributed by atoms with Crippen LogP contribution in [0, 0.1) is 0 Å². The Morgan fingerprint density at radius 1 is 1.67 bits per heavy atom. The van der Waals surface area contributed by atoms with Crippen molar-refractivity contribution in [1.29, 1.82) is 0 Å². The summed E-state index contributed by atoms with van der Waals surface area (Å²) in [6.45, 7) is 5.61. The van der Waals surface area contributed by atoms with Crippen molar-refractivity contribution < 1.29 is 4.79 Å². The van der Waals surface area contributed by atoms with Crippen LogP contribution >= 0.6 is 0 Å². The SMILES string of the molecule is CC(NC=O)C(C)(C)N. The summed E-state index contributed by atoms with van der Waals surface area (Å²) in [7, 11) is 0. The molecule has 0 fully saturated rings. The van der Waals surface area contributed by atoms with Gasteiger partial charge in [0.05, 0.1) is 0 Å². The Morgan fingerprint density at radius 3 is 2.22 bits per heavy atom. The number of amides is 1. The predicted molar refractivity (Wildman–Crippen MR) is 36.9 cm³/mol. The second kappa shape index (κ2) is 2.82. The Labute approximate surface area is 55.6 Å². The molecular formula is C6H14N2O. The lowest BCUT2D eigenvalue weighted by Gasteiger charge is -2.25. The molecule has 0 aliphatic rings. The van der Waals surface area contributed by atoms with E-state index in [1.165, 1.54) is 0 Å². The average molecular weight is 130 g/mol. The number of rotatable bonds is 3. The summed E-state index contributed by atoms with van der Waals surface area (Å²) in [5.74, 6) is 0. The molecule has 0 rings (SSSR count). The van der Waals surface area contributed by atoms with Crippen LogP contribution in [0.25, 0.3) is 0 Å². The van der Waals surface area contributed by atoms with Crippen molar-refractivity contribution in [2.24, 2.45) is 5.73 Å². The first-order valence-corrected chi connectivity index (χ1v) is 2.97. The number of carbonyl (C=O) groups is 1. The molecule has 0 heterocycles. The zero-order chi connectivity index (χ0) is 7.49. The number of hydrogen-bond donors (Lipinski definition) is 2. The fourth-order valence-electron chi connectivity index (χ4n) is 0.317. The summed E-state index contributed by atoms with van der Waals surface area (Å²) < 4.78 is 0. The number of nitrogens with two attached hydrogens (primary N) is 1. The molecule has 0 bridgehead atoms. The molecular weight excluding hydrogens is 116 g/mol. The average Bonchev–Trinajstić information content (AvgIpc) is 1.64. The Hall–Kier alpha value is -0.570. The van der Waals surface area contributed by atoms with Gasteiger partial charge in [0, 0.05) is 11.6 Å². The van der Waals surface area contributed by atoms with Gasteiger partial charge in [-0.3, -0.25) is 4.79 Å². The monoisotopic (exact) mass is 130 g/mol. The quantitative estimate of drug-likeness (QED) is 0.522. The van der Waals surface area contributed by atoms with Crippen LogP contribution in [0.2, 0.25) is 0 Å². The molecule has 0 radical (unpaired) electrons. The molecule has 0 spiro atoms. The molecule has 1 atom stereocenters. The van der Waals surface area contributed by atoms with Crippen LogP contribution in [-0.2, 0) is 4.79 Å². The molecule has 1 amide bonds. The van der Waals surface area contributed by atoms with E-state index in [1.54, 1.807) is 0 Å². The highest BCUT2D eigenvalue weighted by Crippen LogP contribution is 2.01. The molecule has 1 unspecified atom stereocenters. The Morgan fingerprint density at radius 2 is 2.11 bits per heavy atom. The van der Waals surface area contributed by atoms with E-state index in [1.807, 2.05) is 20.8 Å². The van der Waals surface area contributed by atoms with Gasteiger partial charge in [-0.05, 0) is 20.8 Å². The highest BCUT2D eigenvalue weighted by atomic mass is 16.1. The molecule has 9 heavy (non-hydrogen) atoms. The normalized spacial score (nSPS) is 14.7. The number of carbonyl (C=O) groups excluding carboxylic acids is 1. The lowest BCUT2D eigenvalue weighted by Crippen LogP contribution is -2.50. The Kier molecular flexibility index (Phi) is 2.65. The topological polar surface area (TPSA) is 55.1 Å². The summed E-state index contributed by atoms with van der Waals surface area (Å²) in [6, 6.07) is 0.0231. The minimum atomic E-state index is -0.332.